The van der Waals surface area contributed by atoms with Gasteiger partial charge in [0.25, 0.3) is 0 Å². The van der Waals surface area contributed by atoms with E-state index in [4.69, 9.17) is 20.8 Å². The second kappa shape index (κ2) is 15.9. The predicted octanol–water partition coefficient (Wildman–Crippen LogP) is -2.36. The maximum atomic E-state index is 11.5. The molecule has 0 aliphatic carbocycles. The Morgan fingerprint density at radius 1 is 1.24 bits per heavy atom. The monoisotopic (exact) mass is 437 g/mol. The number of carboxylic acid groups (broad SMARTS) is 2. The van der Waals surface area contributed by atoms with Gasteiger partial charge in [-0.2, -0.15) is 17.7 Å². The predicted molar refractivity (Wildman–Crippen MR) is 107 cm³/mol. The molecule has 0 bridgehead atoms. The van der Waals surface area contributed by atoms with E-state index in [1.165, 1.54) is 0 Å². The molecule has 0 aromatic carbocycles. The van der Waals surface area contributed by atoms with Gasteiger partial charge in [-0.15, -0.1) is 0 Å². The van der Waals surface area contributed by atoms with Crippen molar-refractivity contribution in [2.24, 2.45) is 5.73 Å². The molecular weight excluding hydrogens is 406 g/mol. The highest BCUT2D eigenvalue weighted by atomic mass is 32.1. The average Bonchev–Trinajstić information content (AvgIpc) is 2.69. The van der Waals surface area contributed by atoms with Crippen LogP contribution in [-0.4, -0.2) is 96.2 Å². The lowest BCUT2D eigenvalue weighted by molar-refractivity contribution is -0.159. The number of carbonyl (C=O) groups excluding carboxylic acids is 2. The lowest BCUT2D eigenvalue weighted by Gasteiger charge is -2.25. The van der Waals surface area contributed by atoms with Crippen molar-refractivity contribution >= 4 is 36.4 Å². The number of nitrogens with one attached hydrogen (secondary N) is 3. The van der Waals surface area contributed by atoms with Crippen LogP contribution in [0.2, 0.25) is 0 Å². The zero-order valence-electron chi connectivity index (χ0n) is 16.4. The van der Waals surface area contributed by atoms with Crippen molar-refractivity contribution in [3.63, 3.8) is 0 Å². The van der Waals surface area contributed by atoms with Gasteiger partial charge in [0.1, 0.15) is 18.6 Å². The SMILES string of the molecule is CCON1CCNCC1.N[C@@H](CCC(=O)N[C@@H](CS)C(=O)NCC(=O)O)C(=O)O. The fourth-order valence-electron chi connectivity index (χ4n) is 2.11. The molecule has 1 saturated heterocycles. The number of carboxylic acids is 2. The Hall–Kier alpha value is -1.93. The van der Waals surface area contributed by atoms with E-state index in [9.17, 15) is 19.2 Å². The number of aliphatic carboxylic acids is 2. The zero-order valence-corrected chi connectivity index (χ0v) is 17.3. The van der Waals surface area contributed by atoms with E-state index >= 15 is 0 Å². The fraction of sp³-hybridized carbons (Fsp3) is 0.750. The van der Waals surface area contributed by atoms with E-state index in [-0.39, 0.29) is 18.6 Å². The number of amides is 2. The number of carbonyl (C=O) groups is 4. The molecule has 168 valence electrons. The van der Waals surface area contributed by atoms with Gasteiger partial charge in [-0.05, 0) is 13.3 Å². The summed E-state index contributed by atoms with van der Waals surface area (Å²) < 4.78 is 0. The minimum atomic E-state index is -1.22. The van der Waals surface area contributed by atoms with Gasteiger partial charge in [-0.1, -0.05) is 0 Å². The van der Waals surface area contributed by atoms with E-state index in [2.05, 4.69) is 28.6 Å². The zero-order chi connectivity index (χ0) is 22.2. The standard InChI is InChI=1S/C10H17N3O6S.C6H14N2O/c11-5(10(18)19)1-2-7(14)13-6(4-20)9(17)12-3-8(15)16;1-2-9-8-5-3-7-4-6-8/h5-6,20H,1-4,11H2,(H,12,17)(H,13,14)(H,15,16)(H,18,19);7H,2-6H2,1H3/t5-,6-;/m0./s1. The van der Waals surface area contributed by atoms with Gasteiger partial charge in [-0.25, -0.2) is 0 Å². The molecule has 0 saturated carbocycles. The second-order valence-electron chi connectivity index (χ2n) is 5.99. The molecule has 0 aromatic rings. The third-order valence-electron chi connectivity index (χ3n) is 3.64. The Balaban J connectivity index is 0.000000717. The molecule has 1 aliphatic rings. The first-order valence-corrected chi connectivity index (χ1v) is 9.81. The average molecular weight is 438 g/mol. The Morgan fingerprint density at radius 3 is 2.34 bits per heavy atom. The van der Waals surface area contributed by atoms with Crippen molar-refractivity contribution in [2.45, 2.75) is 31.8 Å². The number of hydrogen-bond donors (Lipinski definition) is 7. The quantitative estimate of drug-likeness (QED) is 0.173. The van der Waals surface area contributed by atoms with Crippen LogP contribution in [0.4, 0.5) is 0 Å². The van der Waals surface area contributed by atoms with Gasteiger partial charge < -0.3 is 31.9 Å². The van der Waals surface area contributed by atoms with Crippen LogP contribution in [0, 0.1) is 0 Å². The normalized spacial score (nSPS) is 16.0. The summed E-state index contributed by atoms with van der Waals surface area (Å²) in [7, 11) is 0. The number of nitrogens with two attached hydrogens (primary N) is 1. The number of thiol groups is 1. The molecule has 0 unspecified atom stereocenters. The molecule has 12 nitrogen and oxygen atoms in total. The van der Waals surface area contributed by atoms with Crippen LogP contribution >= 0.6 is 12.6 Å². The maximum Gasteiger partial charge on any atom is 0.322 e. The highest BCUT2D eigenvalue weighted by Crippen LogP contribution is 1.97. The summed E-state index contributed by atoms with van der Waals surface area (Å²) in [5.74, 6) is -3.70. The fourth-order valence-corrected chi connectivity index (χ4v) is 2.37. The molecule has 2 amide bonds. The Morgan fingerprint density at radius 2 is 1.86 bits per heavy atom. The minimum absolute atomic E-state index is 0.0256. The molecule has 7 N–H and O–H groups in total. The lowest BCUT2D eigenvalue weighted by Crippen LogP contribution is -2.49. The van der Waals surface area contributed by atoms with Crippen molar-refractivity contribution in [1.29, 1.82) is 0 Å². The second-order valence-corrected chi connectivity index (χ2v) is 6.36. The van der Waals surface area contributed by atoms with E-state index in [1.54, 1.807) is 0 Å². The maximum absolute atomic E-state index is 11.5. The third-order valence-corrected chi connectivity index (χ3v) is 4.00. The molecule has 1 fully saturated rings. The van der Waals surface area contributed by atoms with E-state index in [0.717, 1.165) is 32.8 Å². The van der Waals surface area contributed by atoms with Gasteiger partial charge in [0.2, 0.25) is 11.8 Å². The molecular formula is C16H31N5O7S. The highest BCUT2D eigenvalue weighted by Gasteiger charge is 2.20. The van der Waals surface area contributed by atoms with Crippen LogP contribution in [0.3, 0.4) is 0 Å². The Labute approximate surface area is 174 Å². The van der Waals surface area contributed by atoms with E-state index in [0.29, 0.717) is 0 Å². The van der Waals surface area contributed by atoms with Crippen molar-refractivity contribution in [2.75, 3.05) is 45.1 Å². The van der Waals surface area contributed by atoms with Gasteiger partial charge in [0.05, 0.1) is 6.61 Å². The highest BCUT2D eigenvalue weighted by molar-refractivity contribution is 7.80. The van der Waals surface area contributed by atoms with Gasteiger partial charge >= 0.3 is 11.9 Å². The van der Waals surface area contributed by atoms with Crippen LogP contribution in [0.5, 0.6) is 0 Å². The summed E-state index contributed by atoms with van der Waals surface area (Å²) in [6, 6.07) is -2.15. The van der Waals surface area contributed by atoms with Gasteiger partial charge in [0.15, 0.2) is 0 Å². The smallest absolute Gasteiger partial charge is 0.322 e. The van der Waals surface area contributed by atoms with Crippen LogP contribution < -0.4 is 21.7 Å². The van der Waals surface area contributed by atoms with Crippen LogP contribution in [0.1, 0.15) is 19.8 Å². The number of rotatable bonds is 11. The van der Waals surface area contributed by atoms with E-state index in [1.807, 2.05) is 12.0 Å². The molecule has 0 spiro atoms. The lowest BCUT2D eigenvalue weighted by atomic mass is 10.1. The first-order valence-electron chi connectivity index (χ1n) is 9.17. The third kappa shape index (κ3) is 13.8. The van der Waals surface area contributed by atoms with Crippen LogP contribution in [0.15, 0.2) is 0 Å². The van der Waals surface area contributed by atoms with Crippen molar-refractivity contribution in [3.05, 3.63) is 0 Å². The summed E-state index contributed by atoms with van der Waals surface area (Å²) in [5.41, 5.74) is 5.23. The molecule has 1 aliphatic heterocycles. The molecule has 13 heteroatoms. The summed E-state index contributed by atoms with van der Waals surface area (Å²) >= 11 is 3.87. The first kappa shape index (κ1) is 27.1. The molecule has 0 aromatic heterocycles. The number of nitrogens with zero attached hydrogens (tertiary/aromatic N) is 1. The number of piperazine rings is 1. The summed E-state index contributed by atoms with van der Waals surface area (Å²) in [4.78, 5) is 49.0. The Bertz CT molecular complexity index is 529. The number of hydroxylamine groups is 2. The van der Waals surface area contributed by atoms with E-state index < -0.39 is 42.4 Å². The van der Waals surface area contributed by atoms with Crippen molar-refractivity contribution in [3.8, 4) is 0 Å². The van der Waals surface area contributed by atoms with Crippen molar-refractivity contribution in [1.82, 2.24) is 21.0 Å². The summed E-state index contributed by atoms with van der Waals surface area (Å²) in [5, 5.41) is 26.6. The first-order chi connectivity index (χ1) is 13.7. The molecule has 1 rings (SSSR count). The molecule has 29 heavy (non-hydrogen) atoms. The minimum Gasteiger partial charge on any atom is -0.480 e. The van der Waals surface area contributed by atoms with Gasteiger partial charge in [-0.3, -0.25) is 24.0 Å². The summed E-state index contributed by atoms with van der Waals surface area (Å²) in [6.07, 6.45) is -0.235. The largest absolute Gasteiger partial charge is 0.480 e. The molecule has 1 heterocycles. The van der Waals surface area contributed by atoms with Gasteiger partial charge in [0, 0.05) is 38.4 Å². The molecule has 2 atom stereocenters. The molecule has 0 radical (unpaired) electrons. The number of hydrogen-bond acceptors (Lipinski definition) is 9. The summed E-state index contributed by atoms with van der Waals surface area (Å²) in [6.45, 7) is 6.40. The van der Waals surface area contributed by atoms with Crippen LogP contribution in [0.25, 0.3) is 0 Å². The van der Waals surface area contributed by atoms with Crippen molar-refractivity contribution < 1.29 is 34.2 Å². The van der Waals surface area contributed by atoms with Crippen LogP contribution in [-0.2, 0) is 24.0 Å². The topological polar surface area (TPSA) is 183 Å². The Kier molecular flexibility index (Phi) is 14.9.